The highest BCUT2D eigenvalue weighted by Crippen LogP contribution is 2.20. The van der Waals surface area contributed by atoms with E-state index in [9.17, 15) is 14.3 Å². The number of anilines is 1. The Balaban J connectivity index is 2.98. The molecule has 3 N–H and O–H groups in total. The van der Waals surface area contributed by atoms with E-state index < -0.39 is 23.4 Å². The minimum Gasteiger partial charge on any atom is -0.478 e. The Morgan fingerprint density at radius 1 is 1.47 bits per heavy atom. The van der Waals surface area contributed by atoms with Gasteiger partial charge in [0.1, 0.15) is 5.82 Å². The monoisotopic (exact) mass is 241 g/mol. The summed E-state index contributed by atoms with van der Waals surface area (Å²) in [4.78, 5) is 10.7. The average Bonchev–Trinajstić information content (AvgIpc) is 2.19. The largest absolute Gasteiger partial charge is 0.478 e. The first kappa shape index (κ1) is 13.4. The lowest BCUT2D eigenvalue weighted by atomic mass is 10.0. The summed E-state index contributed by atoms with van der Waals surface area (Å²) in [5, 5.41) is 21.3. The molecule has 0 aliphatic rings. The highest BCUT2D eigenvalue weighted by atomic mass is 19.1. The van der Waals surface area contributed by atoms with Crippen LogP contribution in [-0.4, -0.2) is 27.8 Å². The van der Waals surface area contributed by atoms with Gasteiger partial charge in [-0.1, -0.05) is 0 Å². The molecule has 1 atom stereocenters. The minimum atomic E-state index is -1.12. The zero-order chi connectivity index (χ0) is 13.2. The molecule has 1 unspecified atom stereocenters. The number of hydrogen-bond acceptors (Lipinski definition) is 3. The number of benzene rings is 1. The van der Waals surface area contributed by atoms with Gasteiger partial charge in [0.25, 0.3) is 0 Å². The van der Waals surface area contributed by atoms with E-state index in [4.69, 9.17) is 5.11 Å². The number of rotatable bonds is 4. The Hall–Kier alpha value is -1.62. The van der Waals surface area contributed by atoms with E-state index in [1.807, 2.05) is 0 Å². The first-order chi connectivity index (χ1) is 7.71. The molecule has 94 valence electrons. The van der Waals surface area contributed by atoms with Crippen LogP contribution in [0.15, 0.2) is 18.2 Å². The standard InChI is InChI=1S/C12H16FNO3/c1-7(12(2,3)17)14-10-6-8(11(15)16)4-5-9(10)13/h4-7,14,17H,1-3H3,(H,15,16). The van der Waals surface area contributed by atoms with E-state index in [1.54, 1.807) is 20.8 Å². The van der Waals surface area contributed by atoms with E-state index in [0.29, 0.717) is 0 Å². The zero-order valence-corrected chi connectivity index (χ0v) is 9.99. The Morgan fingerprint density at radius 3 is 2.53 bits per heavy atom. The van der Waals surface area contributed by atoms with Gasteiger partial charge in [-0.05, 0) is 39.0 Å². The van der Waals surface area contributed by atoms with E-state index in [-0.39, 0.29) is 11.3 Å². The number of carbonyl (C=O) groups is 1. The molecule has 0 aliphatic carbocycles. The van der Waals surface area contributed by atoms with Crippen molar-refractivity contribution in [1.29, 1.82) is 0 Å². The maximum atomic E-state index is 13.4. The molecule has 0 heterocycles. The molecular weight excluding hydrogens is 225 g/mol. The highest BCUT2D eigenvalue weighted by Gasteiger charge is 2.23. The van der Waals surface area contributed by atoms with Gasteiger partial charge in [0, 0.05) is 0 Å². The van der Waals surface area contributed by atoms with Gasteiger partial charge < -0.3 is 15.5 Å². The number of carboxylic acid groups (broad SMARTS) is 1. The predicted octanol–water partition coefficient (Wildman–Crippen LogP) is 2.10. The molecule has 5 heteroatoms. The summed E-state index contributed by atoms with van der Waals surface area (Å²) in [7, 11) is 0. The van der Waals surface area contributed by atoms with Gasteiger partial charge in [-0.25, -0.2) is 9.18 Å². The molecule has 0 saturated carbocycles. The van der Waals surface area contributed by atoms with Crippen molar-refractivity contribution >= 4 is 11.7 Å². The van der Waals surface area contributed by atoms with Crippen molar-refractivity contribution in [1.82, 2.24) is 0 Å². The fourth-order valence-electron chi connectivity index (χ4n) is 1.18. The van der Waals surface area contributed by atoms with Crippen LogP contribution in [0.5, 0.6) is 0 Å². The number of hydrogen-bond donors (Lipinski definition) is 3. The highest BCUT2D eigenvalue weighted by molar-refractivity contribution is 5.88. The van der Waals surface area contributed by atoms with Gasteiger partial charge in [-0.3, -0.25) is 0 Å². The summed E-state index contributed by atoms with van der Waals surface area (Å²) >= 11 is 0. The number of nitrogens with one attached hydrogen (secondary N) is 1. The molecule has 1 aromatic rings. The van der Waals surface area contributed by atoms with Crippen molar-refractivity contribution in [3.63, 3.8) is 0 Å². The Bertz CT molecular complexity index is 426. The summed E-state index contributed by atoms with van der Waals surface area (Å²) in [6.07, 6.45) is 0. The molecule has 0 saturated heterocycles. The van der Waals surface area contributed by atoms with E-state index in [2.05, 4.69) is 5.32 Å². The lowest BCUT2D eigenvalue weighted by molar-refractivity contribution is 0.0648. The number of carboxylic acids is 1. The smallest absolute Gasteiger partial charge is 0.335 e. The summed E-state index contributed by atoms with van der Waals surface area (Å²) in [6.45, 7) is 4.86. The van der Waals surface area contributed by atoms with Crippen LogP contribution >= 0.6 is 0 Å². The maximum Gasteiger partial charge on any atom is 0.335 e. The first-order valence-corrected chi connectivity index (χ1v) is 5.23. The quantitative estimate of drug-likeness (QED) is 0.755. The topological polar surface area (TPSA) is 69.6 Å². The SMILES string of the molecule is CC(Nc1cc(C(=O)O)ccc1F)C(C)(C)O. The van der Waals surface area contributed by atoms with E-state index in [0.717, 1.165) is 6.07 Å². The van der Waals surface area contributed by atoms with Crippen LogP contribution in [0.2, 0.25) is 0 Å². The van der Waals surface area contributed by atoms with Crippen molar-refractivity contribution in [2.45, 2.75) is 32.4 Å². The Morgan fingerprint density at radius 2 is 2.06 bits per heavy atom. The first-order valence-electron chi connectivity index (χ1n) is 5.23. The van der Waals surface area contributed by atoms with Crippen LogP contribution < -0.4 is 5.32 Å². The van der Waals surface area contributed by atoms with Crippen LogP contribution in [0, 0.1) is 5.82 Å². The molecule has 1 rings (SSSR count). The minimum absolute atomic E-state index is 0.00292. The lowest BCUT2D eigenvalue weighted by Gasteiger charge is -2.27. The van der Waals surface area contributed by atoms with Gasteiger partial charge in [0.05, 0.1) is 22.9 Å². The van der Waals surface area contributed by atoms with Crippen molar-refractivity contribution in [2.24, 2.45) is 0 Å². The molecule has 0 spiro atoms. The van der Waals surface area contributed by atoms with Gasteiger partial charge in [0.15, 0.2) is 0 Å². The molecule has 17 heavy (non-hydrogen) atoms. The second kappa shape index (κ2) is 4.71. The normalized spacial score (nSPS) is 13.2. The van der Waals surface area contributed by atoms with E-state index >= 15 is 0 Å². The third-order valence-electron chi connectivity index (χ3n) is 2.64. The molecule has 1 aromatic carbocycles. The predicted molar refractivity (Wildman–Crippen MR) is 62.7 cm³/mol. The summed E-state index contributed by atoms with van der Waals surface area (Å²) in [5.41, 5.74) is -0.970. The lowest BCUT2D eigenvalue weighted by Crippen LogP contribution is -2.39. The number of aromatic carboxylic acids is 1. The van der Waals surface area contributed by atoms with Crippen LogP contribution in [0.3, 0.4) is 0 Å². The number of halogens is 1. The molecule has 4 nitrogen and oxygen atoms in total. The van der Waals surface area contributed by atoms with Crippen molar-refractivity contribution < 1.29 is 19.4 Å². The van der Waals surface area contributed by atoms with Crippen LogP contribution in [0.1, 0.15) is 31.1 Å². The third-order valence-corrected chi connectivity index (χ3v) is 2.64. The van der Waals surface area contributed by atoms with Crippen molar-refractivity contribution in [2.75, 3.05) is 5.32 Å². The molecule has 0 aromatic heterocycles. The van der Waals surface area contributed by atoms with Gasteiger partial charge in [0.2, 0.25) is 0 Å². The second-order valence-electron chi connectivity index (χ2n) is 4.52. The number of aliphatic hydroxyl groups is 1. The Kier molecular flexibility index (Phi) is 3.72. The van der Waals surface area contributed by atoms with Crippen LogP contribution in [0.4, 0.5) is 10.1 Å². The van der Waals surface area contributed by atoms with Gasteiger partial charge in [-0.15, -0.1) is 0 Å². The molecule has 0 amide bonds. The third kappa shape index (κ3) is 3.42. The molecule has 0 fully saturated rings. The van der Waals surface area contributed by atoms with E-state index in [1.165, 1.54) is 12.1 Å². The van der Waals surface area contributed by atoms with Gasteiger partial charge in [-0.2, -0.15) is 0 Å². The zero-order valence-electron chi connectivity index (χ0n) is 9.99. The summed E-state index contributed by atoms with van der Waals surface area (Å²) in [5.74, 6) is -1.67. The Labute approximate surface area is 99.1 Å². The van der Waals surface area contributed by atoms with Crippen LogP contribution in [-0.2, 0) is 0 Å². The fourth-order valence-corrected chi connectivity index (χ4v) is 1.18. The van der Waals surface area contributed by atoms with Crippen molar-refractivity contribution in [3.8, 4) is 0 Å². The van der Waals surface area contributed by atoms with Crippen molar-refractivity contribution in [3.05, 3.63) is 29.6 Å². The van der Waals surface area contributed by atoms with Gasteiger partial charge >= 0.3 is 5.97 Å². The molecule has 0 radical (unpaired) electrons. The second-order valence-corrected chi connectivity index (χ2v) is 4.52. The average molecular weight is 241 g/mol. The molecular formula is C12H16FNO3. The maximum absolute atomic E-state index is 13.4. The molecule has 0 bridgehead atoms. The summed E-state index contributed by atoms with van der Waals surface area (Å²) in [6, 6.07) is 3.07. The van der Waals surface area contributed by atoms with Crippen LogP contribution in [0.25, 0.3) is 0 Å². The molecule has 0 aliphatic heterocycles. The fraction of sp³-hybridized carbons (Fsp3) is 0.417. The summed E-state index contributed by atoms with van der Waals surface area (Å²) < 4.78 is 13.4.